The van der Waals surface area contributed by atoms with Gasteiger partial charge in [-0.3, -0.25) is 4.79 Å². The first kappa shape index (κ1) is 14.0. The number of anilines is 1. The van der Waals surface area contributed by atoms with E-state index < -0.39 is 0 Å². The van der Waals surface area contributed by atoms with E-state index in [1.807, 2.05) is 24.3 Å². The van der Waals surface area contributed by atoms with E-state index in [0.29, 0.717) is 6.04 Å². The second-order valence-corrected chi connectivity index (χ2v) is 5.49. The van der Waals surface area contributed by atoms with E-state index in [1.54, 1.807) is 6.92 Å². The Morgan fingerprint density at radius 2 is 2.00 bits per heavy atom. The van der Waals surface area contributed by atoms with Gasteiger partial charge in [-0.05, 0) is 69.6 Å². The lowest BCUT2D eigenvalue weighted by Gasteiger charge is -2.35. The van der Waals surface area contributed by atoms with Crippen LogP contribution in [-0.2, 0) is 0 Å². The van der Waals surface area contributed by atoms with Crippen molar-refractivity contribution in [3.05, 3.63) is 29.8 Å². The van der Waals surface area contributed by atoms with Crippen molar-refractivity contribution in [2.75, 3.05) is 11.9 Å². The predicted octanol–water partition coefficient (Wildman–Crippen LogP) is 3.46. The van der Waals surface area contributed by atoms with Gasteiger partial charge in [0.15, 0.2) is 10.9 Å². The number of benzene rings is 1. The molecule has 1 atom stereocenters. The Morgan fingerprint density at radius 1 is 1.32 bits per heavy atom. The quantitative estimate of drug-likeness (QED) is 0.662. The summed E-state index contributed by atoms with van der Waals surface area (Å²) in [6.07, 6.45) is 3.69. The van der Waals surface area contributed by atoms with Crippen LogP contribution in [0.3, 0.4) is 0 Å². The molecular formula is C15H20N2OS. The van der Waals surface area contributed by atoms with Gasteiger partial charge >= 0.3 is 0 Å². The molecule has 19 heavy (non-hydrogen) atoms. The molecule has 3 nitrogen and oxygen atoms in total. The molecule has 1 aliphatic rings. The molecular weight excluding hydrogens is 256 g/mol. The summed E-state index contributed by atoms with van der Waals surface area (Å²) in [6.45, 7) is 4.81. The normalized spacial score (nSPS) is 19.1. The zero-order chi connectivity index (χ0) is 13.8. The Morgan fingerprint density at radius 3 is 2.58 bits per heavy atom. The highest BCUT2D eigenvalue weighted by Crippen LogP contribution is 2.18. The van der Waals surface area contributed by atoms with Crippen LogP contribution >= 0.6 is 12.2 Å². The minimum Gasteiger partial charge on any atom is -0.346 e. The number of carbonyl (C=O) groups is 1. The lowest BCUT2D eigenvalue weighted by atomic mass is 10.0. The SMILES string of the molecule is CC(=O)c1ccc(NC(=S)N2CCCC[C@H]2C)cc1. The Hall–Kier alpha value is -1.42. The van der Waals surface area contributed by atoms with Gasteiger partial charge in [0.05, 0.1) is 0 Å². The van der Waals surface area contributed by atoms with Crippen LogP contribution in [-0.4, -0.2) is 28.4 Å². The molecule has 1 fully saturated rings. The molecule has 0 unspecified atom stereocenters. The first-order chi connectivity index (χ1) is 9.08. The third kappa shape index (κ3) is 3.53. The summed E-state index contributed by atoms with van der Waals surface area (Å²) in [5, 5.41) is 4.03. The zero-order valence-electron chi connectivity index (χ0n) is 11.5. The van der Waals surface area contributed by atoms with Crippen molar-refractivity contribution in [2.45, 2.75) is 39.2 Å². The molecule has 0 radical (unpaired) electrons. The Labute approximate surface area is 120 Å². The average Bonchev–Trinajstić information content (AvgIpc) is 2.39. The van der Waals surface area contributed by atoms with Crippen molar-refractivity contribution in [1.82, 2.24) is 4.90 Å². The fourth-order valence-electron chi connectivity index (χ4n) is 2.38. The fraction of sp³-hybridized carbons (Fsp3) is 0.467. The number of likely N-dealkylation sites (tertiary alicyclic amines) is 1. The molecule has 0 saturated carbocycles. The summed E-state index contributed by atoms with van der Waals surface area (Å²) in [4.78, 5) is 13.5. The lowest BCUT2D eigenvalue weighted by Crippen LogP contribution is -2.44. The minimum absolute atomic E-state index is 0.0822. The summed E-state index contributed by atoms with van der Waals surface area (Å²) >= 11 is 5.47. The van der Waals surface area contributed by atoms with Crippen molar-refractivity contribution in [2.24, 2.45) is 0 Å². The maximum atomic E-state index is 11.2. The average molecular weight is 276 g/mol. The largest absolute Gasteiger partial charge is 0.346 e. The third-order valence-corrected chi connectivity index (χ3v) is 3.94. The van der Waals surface area contributed by atoms with Crippen molar-refractivity contribution in [3.63, 3.8) is 0 Å². The monoisotopic (exact) mass is 276 g/mol. The summed E-state index contributed by atoms with van der Waals surface area (Å²) in [5.74, 6) is 0.0822. The number of nitrogens with one attached hydrogen (secondary N) is 1. The summed E-state index contributed by atoms with van der Waals surface area (Å²) in [7, 11) is 0. The number of hydrogen-bond donors (Lipinski definition) is 1. The molecule has 0 spiro atoms. The molecule has 0 aromatic heterocycles. The molecule has 102 valence electrons. The van der Waals surface area contributed by atoms with E-state index in [4.69, 9.17) is 12.2 Å². The Kier molecular flexibility index (Phi) is 4.53. The lowest BCUT2D eigenvalue weighted by molar-refractivity contribution is 0.101. The van der Waals surface area contributed by atoms with Crippen molar-refractivity contribution in [3.8, 4) is 0 Å². The summed E-state index contributed by atoms with van der Waals surface area (Å²) < 4.78 is 0. The van der Waals surface area contributed by atoms with Gasteiger partial charge in [-0.25, -0.2) is 0 Å². The van der Waals surface area contributed by atoms with Crippen LogP contribution in [0.1, 0.15) is 43.5 Å². The molecule has 1 saturated heterocycles. The number of ketones is 1. The molecule has 1 N–H and O–H groups in total. The maximum absolute atomic E-state index is 11.2. The van der Waals surface area contributed by atoms with Gasteiger partial charge in [0.25, 0.3) is 0 Å². The molecule has 4 heteroatoms. The highest BCUT2D eigenvalue weighted by atomic mass is 32.1. The Bertz CT molecular complexity index is 470. The first-order valence-electron chi connectivity index (χ1n) is 6.76. The predicted molar refractivity (Wildman–Crippen MR) is 82.7 cm³/mol. The fourth-order valence-corrected chi connectivity index (χ4v) is 2.77. The number of thiocarbonyl (C=S) groups is 1. The molecule has 0 aliphatic carbocycles. The highest BCUT2D eigenvalue weighted by Gasteiger charge is 2.20. The maximum Gasteiger partial charge on any atom is 0.173 e. The molecule has 0 bridgehead atoms. The van der Waals surface area contributed by atoms with Crippen LogP contribution in [0.15, 0.2) is 24.3 Å². The smallest absolute Gasteiger partial charge is 0.173 e. The third-order valence-electron chi connectivity index (χ3n) is 3.61. The van der Waals surface area contributed by atoms with E-state index in [-0.39, 0.29) is 5.78 Å². The number of piperidine rings is 1. The standard InChI is InChI=1S/C15H20N2OS/c1-11-5-3-4-10-17(11)15(19)16-14-8-6-13(7-9-14)12(2)18/h6-9,11H,3-5,10H2,1-2H3,(H,16,19)/t11-/m1/s1. The number of carbonyl (C=O) groups excluding carboxylic acids is 1. The van der Waals surface area contributed by atoms with Crippen LogP contribution in [0.2, 0.25) is 0 Å². The second kappa shape index (κ2) is 6.15. The zero-order valence-corrected chi connectivity index (χ0v) is 12.3. The molecule has 2 rings (SSSR count). The van der Waals surface area contributed by atoms with Crippen LogP contribution in [0.4, 0.5) is 5.69 Å². The minimum atomic E-state index is 0.0822. The van der Waals surface area contributed by atoms with Crippen LogP contribution in [0.25, 0.3) is 0 Å². The molecule has 1 aliphatic heterocycles. The number of hydrogen-bond acceptors (Lipinski definition) is 2. The molecule has 1 aromatic rings. The van der Waals surface area contributed by atoms with E-state index >= 15 is 0 Å². The van der Waals surface area contributed by atoms with Crippen molar-refractivity contribution >= 4 is 28.8 Å². The van der Waals surface area contributed by atoms with Gasteiger partial charge in [-0.2, -0.15) is 0 Å². The van der Waals surface area contributed by atoms with Crippen LogP contribution < -0.4 is 5.32 Å². The van der Waals surface area contributed by atoms with Gasteiger partial charge in [-0.15, -0.1) is 0 Å². The van der Waals surface area contributed by atoms with Gasteiger partial charge in [0.2, 0.25) is 0 Å². The van der Waals surface area contributed by atoms with Gasteiger partial charge in [0.1, 0.15) is 0 Å². The van der Waals surface area contributed by atoms with Crippen molar-refractivity contribution in [1.29, 1.82) is 0 Å². The van der Waals surface area contributed by atoms with E-state index in [1.165, 1.54) is 19.3 Å². The first-order valence-corrected chi connectivity index (χ1v) is 7.17. The second-order valence-electron chi connectivity index (χ2n) is 5.10. The Balaban J connectivity index is 2.00. The topological polar surface area (TPSA) is 32.3 Å². The van der Waals surface area contributed by atoms with Gasteiger partial charge < -0.3 is 10.2 Å². The number of rotatable bonds is 2. The summed E-state index contributed by atoms with van der Waals surface area (Å²) in [6, 6.07) is 7.96. The van der Waals surface area contributed by atoms with Gasteiger partial charge in [0, 0.05) is 23.8 Å². The van der Waals surface area contributed by atoms with Crippen molar-refractivity contribution < 1.29 is 4.79 Å². The molecule has 1 heterocycles. The molecule has 0 amide bonds. The van der Waals surface area contributed by atoms with Gasteiger partial charge in [-0.1, -0.05) is 0 Å². The molecule has 1 aromatic carbocycles. The number of Topliss-reactive ketones (excluding diaryl/α,β-unsaturated/α-hetero) is 1. The number of nitrogens with zero attached hydrogens (tertiary/aromatic N) is 1. The van der Waals surface area contributed by atoms with Crippen LogP contribution in [0.5, 0.6) is 0 Å². The highest BCUT2D eigenvalue weighted by molar-refractivity contribution is 7.80. The summed E-state index contributed by atoms with van der Waals surface area (Å²) in [5.41, 5.74) is 1.66. The van der Waals surface area contributed by atoms with E-state index in [0.717, 1.165) is 22.9 Å². The van der Waals surface area contributed by atoms with Crippen LogP contribution in [0, 0.1) is 0 Å². The van der Waals surface area contributed by atoms with E-state index in [9.17, 15) is 4.79 Å². The van der Waals surface area contributed by atoms with E-state index in [2.05, 4.69) is 17.1 Å².